The number of hydrogen-bond acceptors (Lipinski definition) is 4. The zero-order valence-electron chi connectivity index (χ0n) is 8.98. The Morgan fingerprint density at radius 1 is 1.60 bits per heavy atom. The van der Waals surface area contributed by atoms with Crippen LogP contribution in [0.25, 0.3) is 0 Å². The molecule has 1 aliphatic carbocycles. The van der Waals surface area contributed by atoms with Gasteiger partial charge in [-0.2, -0.15) is 0 Å². The number of aliphatic hydroxyl groups is 1. The van der Waals surface area contributed by atoms with Crippen molar-refractivity contribution in [3.05, 3.63) is 23.8 Å². The highest BCUT2D eigenvalue weighted by Gasteiger charge is 2.28. The van der Waals surface area contributed by atoms with Gasteiger partial charge in [0.2, 0.25) is 0 Å². The molecule has 82 valence electrons. The van der Waals surface area contributed by atoms with Gasteiger partial charge in [0, 0.05) is 19.3 Å². The number of rotatable bonds is 5. The number of hydrogen-bond donors (Lipinski definition) is 2. The van der Waals surface area contributed by atoms with Gasteiger partial charge < -0.3 is 10.4 Å². The van der Waals surface area contributed by atoms with Crippen molar-refractivity contribution in [2.45, 2.75) is 32.4 Å². The van der Waals surface area contributed by atoms with Gasteiger partial charge in [-0.1, -0.05) is 0 Å². The molecule has 0 bridgehead atoms. The summed E-state index contributed by atoms with van der Waals surface area (Å²) in [6.07, 6.45) is 3.93. The van der Waals surface area contributed by atoms with Crippen LogP contribution in [0.4, 0.5) is 0 Å². The van der Waals surface area contributed by atoms with Gasteiger partial charge in [-0.05, 0) is 31.7 Å². The number of nitrogens with zero attached hydrogens (tertiary/aromatic N) is 2. The van der Waals surface area contributed by atoms with E-state index in [-0.39, 0.29) is 6.10 Å². The zero-order valence-corrected chi connectivity index (χ0v) is 8.98. The lowest BCUT2D eigenvalue weighted by Crippen LogP contribution is -2.28. The maximum absolute atomic E-state index is 9.63. The molecule has 4 nitrogen and oxygen atoms in total. The van der Waals surface area contributed by atoms with E-state index in [2.05, 4.69) is 15.3 Å². The van der Waals surface area contributed by atoms with Gasteiger partial charge >= 0.3 is 0 Å². The fraction of sp³-hybridized carbons (Fsp3) is 0.636. The number of aliphatic hydroxyl groups excluding tert-OH is 1. The second kappa shape index (κ2) is 4.68. The maximum atomic E-state index is 9.63. The maximum Gasteiger partial charge on any atom is 0.125 e. The standard InChI is InChI=1S/C11H17N3O/c1-8-13-5-4-10(14-8)6-12-7-11(15)9-2-3-9/h4-5,9,11-12,15H,2-3,6-7H2,1H3. The first-order chi connectivity index (χ1) is 7.25. The third kappa shape index (κ3) is 3.25. The summed E-state index contributed by atoms with van der Waals surface area (Å²) >= 11 is 0. The molecule has 1 aromatic rings. The molecule has 0 aromatic carbocycles. The van der Waals surface area contributed by atoms with E-state index in [4.69, 9.17) is 0 Å². The molecule has 0 amide bonds. The van der Waals surface area contributed by atoms with E-state index in [1.807, 2.05) is 13.0 Å². The van der Waals surface area contributed by atoms with Gasteiger partial charge in [-0.3, -0.25) is 0 Å². The van der Waals surface area contributed by atoms with Crippen LogP contribution in [0.2, 0.25) is 0 Å². The highest BCUT2D eigenvalue weighted by atomic mass is 16.3. The van der Waals surface area contributed by atoms with Gasteiger partial charge in [0.15, 0.2) is 0 Å². The summed E-state index contributed by atoms with van der Waals surface area (Å²) in [5, 5.41) is 12.8. The molecule has 1 heterocycles. The topological polar surface area (TPSA) is 58.0 Å². The summed E-state index contributed by atoms with van der Waals surface area (Å²) in [5.41, 5.74) is 0.977. The lowest BCUT2D eigenvalue weighted by molar-refractivity contribution is 0.148. The zero-order chi connectivity index (χ0) is 10.7. The lowest BCUT2D eigenvalue weighted by Gasteiger charge is -2.10. The van der Waals surface area contributed by atoms with Crippen molar-refractivity contribution < 1.29 is 5.11 Å². The van der Waals surface area contributed by atoms with Crippen LogP contribution in [0.1, 0.15) is 24.4 Å². The second-order valence-electron chi connectivity index (χ2n) is 4.13. The predicted octanol–water partition coefficient (Wildman–Crippen LogP) is 0.646. The van der Waals surface area contributed by atoms with Gasteiger partial charge in [-0.25, -0.2) is 9.97 Å². The molecule has 2 N–H and O–H groups in total. The summed E-state index contributed by atoms with van der Waals surface area (Å²) in [6, 6.07) is 1.89. The van der Waals surface area contributed by atoms with Gasteiger partial charge in [-0.15, -0.1) is 0 Å². The molecule has 1 aromatic heterocycles. The second-order valence-corrected chi connectivity index (χ2v) is 4.13. The minimum Gasteiger partial charge on any atom is -0.392 e. The van der Waals surface area contributed by atoms with Crippen molar-refractivity contribution in [3.63, 3.8) is 0 Å². The Bertz CT molecular complexity index is 325. The first-order valence-corrected chi connectivity index (χ1v) is 5.43. The van der Waals surface area contributed by atoms with E-state index in [9.17, 15) is 5.11 Å². The van der Waals surface area contributed by atoms with Crippen molar-refractivity contribution in [1.29, 1.82) is 0 Å². The molecule has 4 heteroatoms. The molecule has 2 rings (SSSR count). The van der Waals surface area contributed by atoms with Crippen LogP contribution < -0.4 is 5.32 Å². The van der Waals surface area contributed by atoms with Crippen molar-refractivity contribution >= 4 is 0 Å². The summed E-state index contributed by atoms with van der Waals surface area (Å²) in [5.74, 6) is 1.32. The third-order valence-electron chi connectivity index (χ3n) is 2.66. The minimum absolute atomic E-state index is 0.187. The minimum atomic E-state index is -0.187. The average Bonchev–Trinajstić information content (AvgIpc) is 3.00. The first-order valence-electron chi connectivity index (χ1n) is 5.43. The smallest absolute Gasteiger partial charge is 0.125 e. The highest BCUT2D eigenvalue weighted by molar-refractivity contribution is 5.01. The Labute approximate surface area is 89.8 Å². The van der Waals surface area contributed by atoms with Crippen LogP contribution in [-0.2, 0) is 6.54 Å². The van der Waals surface area contributed by atoms with Crippen molar-refractivity contribution in [3.8, 4) is 0 Å². The van der Waals surface area contributed by atoms with Crippen LogP contribution in [-0.4, -0.2) is 27.7 Å². The normalized spacial score (nSPS) is 17.7. The summed E-state index contributed by atoms with van der Waals surface area (Å²) in [6.45, 7) is 3.24. The molecule has 1 aliphatic rings. The van der Waals surface area contributed by atoms with E-state index in [0.29, 0.717) is 19.0 Å². The fourth-order valence-electron chi connectivity index (χ4n) is 1.60. The van der Waals surface area contributed by atoms with Crippen LogP contribution in [0.3, 0.4) is 0 Å². The quantitative estimate of drug-likeness (QED) is 0.744. The van der Waals surface area contributed by atoms with Gasteiger partial charge in [0.25, 0.3) is 0 Å². The molecule has 1 unspecified atom stereocenters. The monoisotopic (exact) mass is 207 g/mol. The first kappa shape index (κ1) is 10.5. The Balaban J connectivity index is 1.73. The summed E-state index contributed by atoms with van der Waals surface area (Å²) in [7, 11) is 0. The lowest BCUT2D eigenvalue weighted by atomic mass is 10.2. The van der Waals surface area contributed by atoms with Crippen LogP contribution in [0.5, 0.6) is 0 Å². The molecule has 1 saturated carbocycles. The van der Waals surface area contributed by atoms with Gasteiger partial charge in [0.05, 0.1) is 11.8 Å². The predicted molar refractivity (Wildman–Crippen MR) is 57.2 cm³/mol. The van der Waals surface area contributed by atoms with Gasteiger partial charge in [0.1, 0.15) is 5.82 Å². The third-order valence-corrected chi connectivity index (χ3v) is 2.66. The largest absolute Gasteiger partial charge is 0.392 e. The SMILES string of the molecule is Cc1nccc(CNCC(O)C2CC2)n1. The molecule has 15 heavy (non-hydrogen) atoms. The van der Waals surface area contributed by atoms with Crippen molar-refractivity contribution in [1.82, 2.24) is 15.3 Å². The van der Waals surface area contributed by atoms with E-state index < -0.39 is 0 Å². The Kier molecular flexibility index (Phi) is 3.28. The molecular weight excluding hydrogens is 190 g/mol. The Morgan fingerprint density at radius 2 is 2.40 bits per heavy atom. The van der Waals surface area contributed by atoms with E-state index in [1.54, 1.807) is 6.20 Å². The van der Waals surface area contributed by atoms with Crippen molar-refractivity contribution in [2.75, 3.05) is 6.54 Å². The van der Waals surface area contributed by atoms with Crippen molar-refractivity contribution in [2.24, 2.45) is 5.92 Å². The van der Waals surface area contributed by atoms with Crippen LogP contribution >= 0.6 is 0 Å². The fourth-order valence-corrected chi connectivity index (χ4v) is 1.60. The molecule has 1 fully saturated rings. The van der Waals surface area contributed by atoms with E-state index >= 15 is 0 Å². The molecule has 0 saturated heterocycles. The molecule has 0 spiro atoms. The summed E-state index contributed by atoms with van der Waals surface area (Å²) in [4.78, 5) is 8.31. The van der Waals surface area contributed by atoms with Crippen LogP contribution in [0.15, 0.2) is 12.3 Å². The van der Waals surface area contributed by atoms with Crippen LogP contribution in [0, 0.1) is 12.8 Å². The molecular formula is C11H17N3O. The van der Waals surface area contributed by atoms with E-state index in [1.165, 1.54) is 12.8 Å². The highest BCUT2D eigenvalue weighted by Crippen LogP contribution is 2.32. The molecule has 1 atom stereocenters. The number of nitrogens with one attached hydrogen (secondary N) is 1. The summed E-state index contributed by atoms with van der Waals surface area (Å²) < 4.78 is 0. The number of aryl methyl sites for hydroxylation is 1. The average molecular weight is 207 g/mol. The number of aromatic nitrogens is 2. The van der Waals surface area contributed by atoms with E-state index in [0.717, 1.165) is 11.5 Å². The molecule has 0 aliphatic heterocycles. The molecule has 0 radical (unpaired) electrons. The Hall–Kier alpha value is -1.00. The Morgan fingerprint density at radius 3 is 3.07 bits per heavy atom.